The van der Waals surface area contributed by atoms with Gasteiger partial charge in [-0.3, -0.25) is 9.59 Å². The van der Waals surface area contributed by atoms with Crippen molar-refractivity contribution in [2.75, 3.05) is 7.11 Å². The van der Waals surface area contributed by atoms with Crippen molar-refractivity contribution < 1.29 is 4.74 Å². The van der Waals surface area contributed by atoms with Crippen LogP contribution in [0.1, 0.15) is 5.56 Å². The topological polar surface area (TPSA) is 53.2 Å². The molecule has 0 unspecified atom stereocenters. The van der Waals surface area contributed by atoms with Gasteiger partial charge in [0.2, 0.25) is 0 Å². The van der Waals surface area contributed by atoms with Crippen LogP contribution in [0.3, 0.4) is 0 Å². The fourth-order valence-corrected chi connectivity index (χ4v) is 2.60. The Balaban J connectivity index is 2.29. The van der Waals surface area contributed by atoms with Gasteiger partial charge in [-0.15, -0.1) is 0 Å². The van der Waals surface area contributed by atoms with Gasteiger partial charge < -0.3 is 4.74 Å². The zero-order chi connectivity index (χ0) is 16.6. The van der Waals surface area contributed by atoms with Crippen LogP contribution in [-0.4, -0.2) is 16.5 Å². The molecule has 2 aromatic carbocycles. The largest absolute Gasteiger partial charge is 0.497 e. The molecule has 3 rings (SSSR count). The van der Waals surface area contributed by atoms with Crippen molar-refractivity contribution >= 4 is 16.5 Å². The Kier molecular flexibility index (Phi) is 3.62. The van der Waals surface area contributed by atoms with Gasteiger partial charge in [0.15, 0.2) is 0 Å². The maximum absolute atomic E-state index is 12.8. The number of benzene rings is 2. The highest BCUT2D eigenvalue weighted by atomic mass is 16.5. The second kappa shape index (κ2) is 5.61. The summed E-state index contributed by atoms with van der Waals surface area (Å²) < 4.78 is 7.77. The van der Waals surface area contributed by atoms with E-state index in [0.29, 0.717) is 27.8 Å². The SMILES string of the molecule is C=C(c1cccc(OC)c1)n1c(=O)c2ccccc2c(=O)n1C. The highest BCUT2D eigenvalue weighted by Crippen LogP contribution is 2.19. The van der Waals surface area contributed by atoms with Crippen LogP contribution in [0.2, 0.25) is 0 Å². The predicted octanol–water partition coefficient (Wildman–Crippen LogP) is 2.23. The van der Waals surface area contributed by atoms with Crippen LogP contribution in [0, 0.1) is 0 Å². The lowest BCUT2D eigenvalue weighted by atomic mass is 10.1. The molecule has 0 atom stereocenters. The number of hydrogen-bond acceptors (Lipinski definition) is 3. The first-order valence-corrected chi connectivity index (χ1v) is 7.09. The van der Waals surface area contributed by atoms with Crippen molar-refractivity contribution in [1.82, 2.24) is 9.36 Å². The van der Waals surface area contributed by atoms with Gasteiger partial charge >= 0.3 is 0 Å². The Morgan fingerprint density at radius 2 is 1.65 bits per heavy atom. The van der Waals surface area contributed by atoms with Gasteiger partial charge in [-0.2, -0.15) is 0 Å². The van der Waals surface area contributed by atoms with Gasteiger partial charge in [-0.1, -0.05) is 30.8 Å². The van der Waals surface area contributed by atoms with E-state index in [1.54, 1.807) is 50.6 Å². The fraction of sp³-hybridized carbons (Fsp3) is 0.111. The van der Waals surface area contributed by atoms with Gasteiger partial charge in [0, 0.05) is 12.6 Å². The molecule has 1 aromatic heterocycles. The maximum atomic E-state index is 12.8. The summed E-state index contributed by atoms with van der Waals surface area (Å²) in [7, 11) is 3.13. The van der Waals surface area contributed by atoms with Crippen molar-refractivity contribution in [3.8, 4) is 5.75 Å². The molecule has 23 heavy (non-hydrogen) atoms. The quantitative estimate of drug-likeness (QED) is 0.745. The first-order chi connectivity index (χ1) is 11.0. The summed E-state index contributed by atoms with van der Waals surface area (Å²) in [6.07, 6.45) is 0. The third kappa shape index (κ3) is 2.36. The smallest absolute Gasteiger partial charge is 0.278 e. The Hall–Kier alpha value is -3.08. The molecule has 0 saturated heterocycles. The van der Waals surface area contributed by atoms with Crippen molar-refractivity contribution in [3.05, 3.63) is 81.4 Å². The fourth-order valence-electron chi connectivity index (χ4n) is 2.60. The molecule has 3 aromatic rings. The van der Waals surface area contributed by atoms with E-state index in [2.05, 4.69) is 6.58 Å². The van der Waals surface area contributed by atoms with Gasteiger partial charge in [0.1, 0.15) is 5.75 Å². The summed E-state index contributed by atoms with van der Waals surface area (Å²) in [6, 6.07) is 14.0. The minimum absolute atomic E-state index is 0.246. The normalized spacial score (nSPS) is 10.7. The zero-order valence-electron chi connectivity index (χ0n) is 12.9. The molecule has 116 valence electrons. The second-order valence-electron chi connectivity index (χ2n) is 5.17. The van der Waals surface area contributed by atoms with Crippen molar-refractivity contribution in [1.29, 1.82) is 0 Å². The lowest BCUT2D eigenvalue weighted by molar-refractivity contribution is 0.414. The van der Waals surface area contributed by atoms with Crippen LogP contribution in [0.25, 0.3) is 16.5 Å². The Morgan fingerprint density at radius 1 is 1.00 bits per heavy atom. The molecule has 0 fully saturated rings. The maximum Gasteiger partial charge on any atom is 0.278 e. The van der Waals surface area contributed by atoms with Crippen LogP contribution in [-0.2, 0) is 7.05 Å². The average Bonchev–Trinajstić information content (AvgIpc) is 2.60. The molecular weight excluding hydrogens is 292 g/mol. The molecule has 5 heteroatoms. The number of aromatic nitrogens is 2. The van der Waals surface area contributed by atoms with E-state index in [1.807, 2.05) is 12.1 Å². The number of nitrogens with zero attached hydrogens (tertiary/aromatic N) is 2. The zero-order valence-corrected chi connectivity index (χ0v) is 12.9. The van der Waals surface area contributed by atoms with E-state index in [0.717, 1.165) is 0 Å². The van der Waals surface area contributed by atoms with Gasteiger partial charge in [0.25, 0.3) is 11.1 Å². The summed E-state index contributed by atoms with van der Waals surface area (Å²) in [4.78, 5) is 25.3. The molecule has 0 N–H and O–H groups in total. The Labute approximate surface area is 132 Å². The van der Waals surface area contributed by atoms with Gasteiger partial charge in [-0.25, -0.2) is 9.36 Å². The van der Waals surface area contributed by atoms with Crippen molar-refractivity contribution in [2.24, 2.45) is 7.05 Å². The molecule has 0 aliphatic heterocycles. The van der Waals surface area contributed by atoms with Crippen LogP contribution < -0.4 is 15.9 Å². The molecule has 0 bridgehead atoms. The minimum atomic E-state index is -0.282. The van der Waals surface area contributed by atoms with Crippen LogP contribution in [0.5, 0.6) is 5.75 Å². The average molecular weight is 308 g/mol. The van der Waals surface area contributed by atoms with Crippen LogP contribution in [0.15, 0.2) is 64.7 Å². The summed E-state index contributed by atoms with van der Waals surface area (Å²) in [5.74, 6) is 0.655. The van der Waals surface area contributed by atoms with Crippen LogP contribution in [0.4, 0.5) is 0 Å². The third-order valence-corrected chi connectivity index (χ3v) is 3.83. The first kappa shape index (κ1) is 14.8. The lowest BCUT2D eigenvalue weighted by Gasteiger charge is -2.16. The highest BCUT2D eigenvalue weighted by Gasteiger charge is 2.13. The van der Waals surface area contributed by atoms with Gasteiger partial charge in [-0.05, 0) is 24.3 Å². The van der Waals surface area contributed by atoms with E-state index in [4.69, 9.17) is 4.74 Å². The Morgan fingerprint density at radius 3 is 2.30 bits per heavy atom. The third-order valence-electron chi connectivity index (χ3n) is 3.83. The van der Waals surface area contributed by atoms with E-state index in [-0.39, 0.29) is 11.1 Å². The molecule has 0 aliphatic rings. The van der Waals surface area contributed by atoms with E-state index >= 15 is 0 Å². The van der Waals surface area contributed by atoms with E-state index in [1.165, 1.54) is 9.36 Å². The number of ether oxygens (including phenoxy) is 1. The van der Waals surface area contributed by atoms with E-state index in [9.17, 15) is 9.59 Å². The second-order valence-corrected chi connectivity index (χ2v) is 5.17. The van der Waals surface area contributed by atoms with Gasteiger partial charge in [0.05, 0.1) is 23.6 Å². The minimum Gasteiger partial charge on any atom is -0.497 e. The van der Waals surface area contributed by atoms with Crippen LogP contribution >= 0.6 is 0 Å². The summed E-state index contributed by atoms with van der Waals surface area (Å²) in [6.45, 7) is 3.99. The number of fused-ring (bicyclic) bond motifs is 1. The molecule has 0 saturated carbocycles. The molecular formula is C18H16N2O3. The molecule has 0 radical (unpaired) electrons. The number of methoxy groups -OCH3 is 1. The monoisotopic (exact) mass is 308 g/mol. The summed E-state index contributed by atoms with van der Waals surface area (Å²) in [5, 5.41) is 0.773. The highest BCUT2D eigenvalue weighted by molar-refractivity contribution is 5.81. The number of hydrogen-bond donors (Lipinski definition) is 0. The van der Waals surface area contributed by atoms with Crippen molar-refractivity contribution in [3.63, 3.8) is 0 Å². The Bertz CT molecular complexity index is 1030. The van der Waals surface area contributed by atoms with Crippen molar-refractivity contribution in [2.45, 2.75) is 0 Å². The summed E-state index contributed by atoms with van der Waals surface area (Å²) >= 11 is 0. The molecule has 0 amide bonds. The molecule has 1 heterocycles. The molecule has 0 aliphatic carbocycles. The predicted molar refractivity (Wildman–Crippen MR) is 90.9 cm³/mol. The van der Waals surface area contributed by atoms with E-state index < -0.39 is 0 Å². The molecule has 0 spiro atoms. The standard InChI is InChI=1S/C18H16N2O3/c1-12(13-7-6-8-14(11-13)23-3)20-18(22)16-10-5-4-9-15(16)17(21)19(20)2/h4-11H,1H2,2-3H3. The lowest BCUT2D eigenvalue weighted by Crippen LogP contribution is -2.36. The number of rotatable bonds is 3. The summed E-state index contributed by atoms with van der Waals surface area (Å²) in [5.41, 5.74) is 0.593. The first-order valence-electron chi connectivity index (χ1n) is 7.09. The molecule has 5 nitrogen and oxygen atoms in total.